The third-order valence-corrected chi connectivity index (χ3v) is 4.00. The van der Waals surface area contributed by atoms with Gasteiger partial charge >= 0.3 is 0 Å². The third kappa shape index (κ3) is 4.22. The van der Waals surface area contributed by atoms with Gasteiger partial charge in [0, 0.05) is 30.9 Å². The molecule has 1 aliphatic heterocycles. The van der Waals surface area contributed by atoms with Crippen molar-refractivity contribution in [3.05, 3.63) is 29.8 Å². The molecule has 0 bridgehead atoms. The molecule has 3 nitrogen and oxygen atoms in total. The van der Waals surface area contributed by atoms with Crippen molar-refractivity contribution in [1.82, 2.24) is 9.80 Å². The highest BCUT2D eigenvalue weighted by atomic mass is 15.1. The van der Waals surface area contributed by atoms with Gasteiger partial charge in [-0.2, -0.15) is 0 Å². The molecule has 0 radical (unpaired) electrons. The molecule has 0 aliphatic carbocycles. The largest absolute Gasteiger partial charge is 0.382 e. The van der Waals surface area contributed by atoms with Gasteiger partial charge in [0.05, 0.1) is 0 Å². The monoisotopic (exact) mass is 261 g/mol. The van der Waals surface area contributed by atoms with E-state index in [1.54, 1.807) is 0 Å². The number of hydrogen-bond donors (Lipinski definition) is 1. The van der Waals surface area contributed by atoms with Gasteiger partial charge < -0.3 is 15.1 Å². The summed E-state index contributed by atoms with van der Waals surface area (Å²) in [6.07, 6.45) is 2.47. The summed E-state index contributed by atoms with van der Waals surface area (Å²) in [6.45, 7) is 4.51. The standard InChI is InChI=1S/C16H27N3/c1-13-10-16(8-9-19(13)4)17-15-7-5-6-14(11-15)12-18(2)3/h5-7,11,13,16-17H,8-10,12H2,1-4H3. The molecule has 1 aliphatic rings. The molecule has 1 aromatic carbocycles. The number of nitrogens with zero attached hydrogens (tertiary/aromatic N) is 2. The van der Waals surface area contributed by atoms with E-state index in [2.05, 4.69) is 67.4 Å². The lowest BCUT2D eigenvalue weighted by Gasteiger charge is -2.35. The summed E-state index contributed by atoms with van der Waals surface area (Å²) in [5, 5.41) is 3.70. The highest BCUT2D eigenvalue weighted by Crippen LogP contribution is 2.20. The summed E-state index contributed by atoms with van der Waals surface area (Å²) in [5.41, 5.74) is 2.64. The summed E-state index contributed by atoms with van der Waals surface area (Å²) in [6, 6.07) is 10.1. The highest BCUT2D eigenvalue weighted by molar-refractivity contribution is 5.46. The summed E-state index contributed by atoms with van der Waals surface area (Å²) < 4.78 is 0. The van der Waals surface area contributed by atoms with Gasteiger partial charge in [0.25, 0.3) is 0 Å². The van der Waals surface area contributed by atoms with Crippen molar-refractivity contribution in [2.45, 2.75) is 38.4 Å². The van der Waals surface area contributed by atoms with Gasteiger partial charge in [-0.05, 0) is 58.6 Å². The normalized spacial score (nSPS) is 24.7. The maximum atomic E-state index is 3.70. The average Bonchev–Trinajstić information content (AvgIpc) is 2.33. The molecule has 1 N–H and O–H groups in total. The number of anilines is 1. The zero-order valence-corrected chi connectivity index (χ0v) is 12.7. The molecule has 106 valence electrons. The Balaban J connectivity index is 1.95. The minimum absolute atomic E-state index is 0.612. The molecule has 19 heavy (non-hydrogen) atoms. The second-order valence-electron chi connectivity index (χ2n) is 6.13. The van der Waals surface area contributed by atoms with Gasteiger partial charge in [-0.1, -0.05) is 12.1 Å². The quantitative estimate of drug-likeness (QED) is 0.899. The molecule has 0 aromatic heterocycles. The summed E-state index contributed by atoms with van der Waals surface area (Å²) in [4.78, 5) is 4.65. The lowest BCUT2D eigenvalue weighted by atomic mass is 9.98. The number of benzene rings is 1. The zero-order chi connectivity index (χ0) is 13.8. The first-order valence-electron chi connectivity index (χ1n) is 7.25. The van der Waals surface area contributed by atoms with Crippen LogP contribution < -0.4 is 5.32 Å². The minimum Gasteiger partial charge on any atom is -0.382 e. The summed E-state index contributed by atoms with van der Waals surface area (Å²) >= 11 is 0. The number of likely N-dealkylation sites (tertiary alicyclic amines) is 1. The Morgan fingerprint density at radius 3 is 2.84 bits per heavy atom. The number of hydrogen-bond acceptors (Lipinski definition) is 3. The van der Waals surface area contributed by atoms with Crippen LogP contribution in [0.3, 0.4) is 0 Å². The maximum Gasteiger partial charge on any atom is 0.0345 e. The first-order chi connectivity index (χ1) is 9.04. The van der Waals surface area contributed by atoms with Gasteiger partial charge in [-0.25, -0.2) is 0 Å². The predicted octanol–water partition coefficient (Wildman–Crippen LogP) is 2.64. The average molecular weight is 261 g/mol. The lowest BCUT2D eigenvalue weighted by Crippen LogP contribution is -2.42. The second kappa shape index (κ2) is 6.40. The number of nitrogens with one attached hydrogen (secondary N) is 1. The van der Waals surface area contributed by atoms with E-state index in [1.165, 1.54) is 30.6 Å². The molecule has 0 spiro atoms. The van der Waals surface area contributed by atoms with Crippen LogP contribution in [0, 0.1) is 0 Å². The maximum absolute atomic E-state index is 3.70. The first kappa shape index (κ1) is 14.4. The third-order valence-electron chi connectivity index (χ3n) is 4.00. The van der Waals surface area contributed by atoms with Gasteiger partial charge in [0.1, 0.15) is 0 Å². The van der Waals surface area contributed by atoms with Crippen LogP contribution >= 0.6 is 0 Å². The van der Waals surface area contributed by atoms with Crippen LogP contribution in [0.4, 0.5) is 5.69 Å². The van der Waals surface area contributed by atoms with Crippen LogP contribution in [-0.4, -0.2) is 49.6 Å². The van der Waals surface area contributed by atoms with Gasteiger partial charge in [0.2, 0.25) is 0 Å². The van der Waals surface area contributed by atoms with Crippen molar-refractivity contribution in [2.24, 2.45) is 0 Å². The molecule has 1 fully saturated rings. The van der Waals surface area contributed by atoms with Crippen molar-refractivity contribution in [3.63, 3.8) is 0 Å². The second-order valence-corrected chi connectivity index (χ2v) is 6.13. The van der Waals surface area contributed by atoms with E-state index >= 15 is 0 Å². The molecule has 2 unspecified atom stereocenters. The zero-order valence-electron chi connectivity index (χ0n) is 12.7. The summed E-state index contributed by atoms with van der Waals surface area (Å²) in [5.74, 6) is 0. The smallest absolute Gasteiger partial charge is 0.0345 e. The Morgan fingerprint density at radius 1 is 1.37 bits per heavy atom. The molecule has 1 heterocycles. The van der Waals surface area contributed by atoms with Crippen molar-refractivity contribution in [2.75, 3.05) is 33.0 Å². The minimum atomic E-state index is 0.612. The predicted molar refractivity (Wildman–Crippen MR) is 82.6 cm³/mol. The molecule has 2 rings (SSSR count). The van der Waals surface area contributed by atoms with Gasteiger partial charge in [0.15, 0.2) is 0 Å². The lowest BCUT2D eigenvalue weighted by molar-refractivity contribution is 0.190. The van der Waals surface area contributed by atoms with Crippen LogP contribution in [0.1, 0.15) is 25.3 Å². The van der Waals surface area contributed by atoms with Crippen LogP contribution in [0.15, 0.2) is 24.3 Å². The van der Waals surface area contributed by atoms with E-state index in [0.29, 0.717) is 12.1 Å². The molecule has 0 amide bonds. The molecule has 1 aromatic rings. The van der Waals surface area contributed by atoms with Crippen LogP contribution in [0.5, 0.6) is 0 Å². The molecule has 3 heteroatoms. The molecule has 2 atom stereocenters. The van der Waals surface area contributed by atoms with Crippen molar-refractivity contribution >= 4 is 5.69 Å². The molecule has 0 saturated carbocycles. The summed E-state index contributed by atoms with van der Waals surface area (Å²) in [7, 11) is 6.44. The van der Waals surface area contributed by atoms with Crippen LogP contribution in [0.2, 0.25) is 0 Å². The van der Waals surface area contributed by atoms with Gasteiger partial charge in [-0.3, -0.25) is 0 Å². The van der Waals surface area contributed by atoms with Crippen molar-refractivity contribution in [1.29, 1.82) is 0 Å². The van der Waals surface area contributed by atoms with Crippen molar-refractivity contribution in [3.8, 4) is 0 Å². The Kier molecular flexibility index (Phi) is 4.83. The fraction of sp³-hybridized carbons (Fsp3) is 0.625. The van der Waals surface area contributed by atoms with E-state index in [0.717, 1.165) is 6.54 Å². The van der Waals surface area contributed by atoms with E-state index in [-0.39, 0.29) is 0 Å². The van der Waals surface area contributed by atoms with E-state index < -0.39 is 0 Å². The topological polar surface area (TPSA) is 18.5 Å². The van der Waals surface area contributed by atoms with E-state index in [1.807, 2.05) is 0 Å². The SMILES string of the molecule is CC1CC(Nc2cccc(CN(C)C)c2)CCN1C. The van der Waals surface area contributed by atoms with Gasteiger partial charge in [-0.15, -0.1) is 0 Å². The highest BCUT2D eigenvalue weighted by Gasteiger charge is 2.22. The van der Waals surface area contributed by atoms with Crippen molar-refractivity contribution < 1.29 is 0 Å². The van der Waals surface area contributed by atoms with E-state index in [4.69, 9.17) is 0 Å². The van der Waals surface area contributed by atoms with Crippen LogP contribution in [-0.2, 0) is 6.54 Å². The Bertz CT molecular complexity index is 403. The van der Waals surface area contributed by atoms with E-state index in [9.17, 15) is 0 Å². The Morgan fingerprint density at radius 2 is 2.16 bits per heavy atom. The Hall–Kier alpha value is -1.06. The Labute approximate surface area is 117 Å². The molecule has 1 saturated heterocycles. The number of rotatable bonds is 4. The number of piperidine rings is 1. The molecular weight excluding hydrogens is 234 g/mol. The van der Waals surface area contributed by atoms with Crippen LogP contribution in [0.25, 0.3) is 0 Å². The molecular formula is C16H27N3. The fourth-order valence-corrected chi connectivity index (χ4v) is 2.78. The fourth-order valence-electron chi connectivity index (χ4n) is 2.78. The first-order valence-corrected chi connectivity index (χ1v) is 7.25.